The molecule has 0 aliphatic carbocycles. The Morgan fingerprint density at radius 1 is 1.60 bits per heavy atom. The molecule has 0 aromatic carbocycles. The number of aliphatic hydroxyl groups excluding tert-OH is 1. The summed E-state index contributed by atoms with van der Waals surface area (Å²) in [5, 5.41) is 12.1. The minimum absolute atomic E-state index is 0.355. The number of hydrogen-bond acceptors (Lipinski definition) is 5. The van der Waals surface area contributed by atoms with E-state index < -0.39 is 30.3 Å². The fourth-order valence-electron chi connectivity index (χ4n) is 1.50. The third-order valence-corrected chi connectivity index (χ3v) is 2.27. The largest absolute Gasteiger partial charge is 0.383 e. The van der Waals surface area contributed by atoms with Gasteiger partial charge < -0.3 is 19.9 Å². The highest BCUT2D eigenvalue weighted by molar-refractivity contribution is 5.89. The van der Waals surface area contributed by atoms with Gasteiger partial charge in [-0.15, -0.1) is 0 Å². The van der Waals surface area contributed by atoms with Gasteiger partial charge >= 0.3 is 0 Å². The first-order valence-electron chi connectivity index (χ1n) is 4.64. The number of ketones is 1. The normalized spacial score (nSPS) is 36.4. The van der Waals surface area contributed by atoms with E-state index in [4.69, 9.17) is 9.47 Å². The van der Waals surface area contributed by atoms with Gasteiger partial charge in [0.2, 0.25) is 5.91 Å². The molecule has 1 aliphatic rings. The first-order valence-corrected chi connectivity index (χ1v) is 4.64. The quantitative estimate of drug-likeness (QED) is 0.607. The molecule has 0 spiro atoms. The monoisotopic (exact) mass is 217 g/mol. The van der Waals surface area contributed by atoms with Crippen molar-refractivity contribution < 1.29 is 24.2 Å². The second kappa shape index (κ2) is 4.69. The van der Waals surface area contributed by atoms with Gasteiger partial charge in [0.25, 0.3) is 0 Å². The van der Waals surface area contributed by atoms with Gasteiger partial charge in [-0.25, -0.2) is 0 Å². The maximum absolute atomic E-state index is 11.4. The maximum Gasteiger partial charge on any atom is 0.217 e. The number of carbonyl (C=O) groups is 2. The lowest BCUT2D eigenvalue weighted by molar-refractivity contribution is -0.212. The third kappa shape index (κ3) is 2.53. The van der Waals surface area contributed by atoms with Crippen LogP contribution in [-0.2, 0) is 19.1 Å². The zero-order valence-electron chi connectivity index (χ0n) is 8.89. The number of Topliss-reactive ketones (excluding diaryl/α,β-unsaturated/α-hetero) is 1. The van der Waals surface area contributed by atoms with Crippen molar-refractivity contribution in [2.75, 3.05) is 7.11 Å². The molecule has 1 rings (SSSR count). The van der Waals surface area contributed by atoms with E-state index >= 15 is 0 Å². The van der Waals surface area contributed by atoms with Gasteiger partial charge in [0, 0.05) is 14.0 Å². The molecule has 0 unspecified atom stereocenters. The van der Waals surface area contributed by atoms with Gasteiger partial charge in [-0.3, -0.25) is 9.59 Å². The maximum atomic E-state index is 11.4. The number of ether oxygens (including phenoxy) is 2. The predicted molar refractivity (Wildman–Crippen MR) is 50.0 cm³/mol. The minimum Gasteiger partial charge on any atom is -0.383 e. The van der Waals surface area contributed by atoms with Crippen LogP contribution in [0.15, 0.2) is 0 Å². The summed E-state index contributed by atoms with van der Waals surface area (Å²) in [4.78, 5) is 22.3. The van der Waals surface area contributed by atoms with Crippen LogP contribution < -0.4 is 5.32 Å². The van der Waals surface area contributed by atoms with Crippen LogP contribution in [0, 0.1) is 0 Å². The molecule has 6 nitrogen and oxygen atoms in total. The summed E-state index contributed by atoms with van der Waals surface area (Å²) < 4.78 is 10.1. The number of rotatable bonds is 2. The molecule has 1 amide bonds. The van der Waals surface area contributed by atoms with E-state index in [-0.39, 0.29) is 5.91 Å². The molecule has 1 saturated heterocycles. The van der Waals surface area contributed by atoms with Crippen molar-refractivity contribution in [2.45, 2.75) is 38.4 Å². The first kappa shape index (κ1) is 12.1. The Labute approximate surface area is 87.5 Å². The Bertz CT molecular complexity index is 267. The summed E-state index contributed by atoms with van der Waals surface area (Å²) in [6, 6.07) is -0.851. The van der Waals surface area contributed by atoms with Crippen LogP contribution in [0.4, 0.5) is 0 Å². The van der Waals surface area contributed by atoms with E-state index in [0.717, 1.165) is 0 Å². The summed E-state index contributed by atoms with van der Waals surface area (Å²) in [5.41, 5.74) is 0. The lowest BCUT2D eigenvalue weighted by atomic mass is 9.99. The Morgan fingerprint density at radius 2 is 2.20 bits per heavy atom. The average Bonchev–Trinajstić information content (AvgIpc) is 2.18. The Kier molecular flexibility index (Phi) is 3.78. The van der Waals surface area contributed by atoms with Crippen LogP contribution in [0.5, 0.6) is 0 Å². The molecule has 1 fully saturated rings. The molecule has 0 aromatic heterocycles. The summed E-state index contributed by atoms with van der Waals surface area (Å²) in [5.74, 6) is -0.811. The van der Waals surface area contributed by atoms with Crippen LogP contribution in [0.2, 0.25) is 0 Å². The molecular formula is C9H15NO5. The molecule has 0 bridgehead atoms. The molecular weight excluding hydrogens is 202 g/mol. The van der Waals surface area contributed by atoms with Crippen molar-refractivity contribution in [3.8, 4) is 0 Å². The predicted octanol–water partition coefficient (Wildman–Crippen LogP) is -1.19. The van der Waals surface area contributed by atoms with Gasteiger partial charge in [0.15, 0.2) is 12.1 Å². The number of hydrogen-bond donors (Lipinski definition) is 2. The Morgan fingerprint density at radius 3 is 2.67 bits per heavy atom. The van der Waals surface area contributed by atoms with Crippen LogP contribution in [0.3, 0.4) is 0 Å². The van der Waals surface area contributed by atoms with Gasteiger partial charge in [0.1, 0.15) is 18.2 Å². The molecule has 0 saturated carbocycles. The number of nitrogens with one attached hydrogen (secondary N) is 1. The van der Waals surface area contributed by atoms with Crippen molar-refractivity contribution in [1.82, 2.24) is 5.32 Å². The lowest BCUT2D eigenvalue weighted by Crippen LogP contribution is -2.61. The number of amides is 1. The standard InChI is InChI=1S/C9H15NO5/c1-4-7(12)8(13)6(10-5(2)11)9(14-3)15-4/h4,6,8-9,13H,1-3H3,(H,10,11)/t4-,6-,8-,9-/m1/s1. The van der Waals surface area contributed by atoms with Crippen LogP contribution in [-0.4, -0.2) is 48.4 Å². The van der Waals surface area contributed by atoms with Gasteiger partial charge in [-0.05, 0) is 6.92 Å². The first-order chi connectivity index (χ1) is 6.97. The molecule has 2 N–H and O–H groups in total. The average molecular weight is 217 g/mol. The second-order valence-corrected chi connectivity index (χ2v) is 3.46. The second-order valence-electron chi connectivity index (χ2n) is 3.46. The molecule has 6 heteroatoms. The Balaban J connectivity index is 2.79. The number of methoxy groups -OCH3 is 1. The number of carbonyl (C=O) groups excluding carboxylic acids is 2. The van der Waals surface area contributed by atoms with Crippen molar-refractivity contribution in [1.29, 1.82) is 0 Å². The zero-order valence-corrected chi connectivity index (χ0v) is 8.89. The third-order valence-electron chi connectivity index (χ3n) is 2.27. The summed E-state index contributed by atoms with van der Waals surface area (Å²) in [6.45, 7) is 2.82. The lowest BCUT2D eigenvalue weighted by Gasteiger charge is -2.36. The summed E-state index contributed by atoms with van der Waals surface area (Å²) in [7, 11) is 1.38. The Hall–Kier alpha value is -0.980. The van der Waals surface area contributed by atoms with Crippen molar-refractivity contribution in [3.05, 3.63) is 0 Å². The van der Waals surface area contributed by atoms with Crippen LogP contribution in [0.1, 0.15) is 13.8 Å². The van der Waals surface area contributed by atoms with E-state index in [1.54, 1.807) is 0 Å². The fraction of sp³-hybridized carbons (Fsp3) is 0.778. The molecule has 0 aromatic rings. The van der Waals surface area contributed by atoms with Crippen molar-refractivity contribution in [3.63, 3.8) is 0 Å². The van der Waals surface area contributed by atoms with Crippen molar-refractivity contribution in [2.24, 2.45) is 0 Å². The van der Waals surface area contributed by atoms with Gasteiger partial charge in [-0.1, -0.05) is 0 Å². The topological polar surface area (TPSA) is 84.9 Å². The molecule has 1 heterocycles. The highest BCUT2D eigenvalue weighted by Gasteiger charge is 2.43. The van der Waals surface area contributed by atoms with Gasteiger partial charge in [0.05, 0.1) is 0 Å². The van der Waals surface area contributed by atoms with Crippen LogP contribution in [0.25, 0.3) is 0 Å². The SMILES string of the molecule is CO[C@@H]1O[C@H](C)C(=O)[C@H](O)[C@H]1NC(C)=O. The molecule has 0 radical (unpaired) electrons. The smallest absolute Gasteiger partial charge is 0.217 e. The minimum atomic E-state index is -1.29. The molecule has 15 heavy (non-hydrogen) atoms. The summed E-state index contributed by atoms with van der Waals surface area (Å²) >= 11 is 0. The van der Waals surface area contributed by atoms with Crippen LogP contribution >= 0.6 is 0 Å². The molecule has 86 valence electrons. The van der Waals surface area contributed by atoms with Crippen molar-refractivity contribution >= 4 is 11.7 Å². The highest BCUT2D eigenvalue weighted by Crippen LogP contribution is 2.17. The molecule has 4 atom stereocenters. The van der Waals surface area contributed by atoms with Gasteiger partial charge in [-0.2, -0.15) is 0 Å². The zero-order chi connectivity index (χ0) is 11.6. The van der Waals surface area contributed by atoms with E-state index in [9.17, 15) is 14.7 Å². The van der Waals surface area contributed by atoms with E-state index in [1.165, 1.54) is 21.0 Å². The fourth-order valence-corrected chi connectivity index (χ4v) is 1.50. The molecule has 1 aliphatic heterocycles. The summed E-state index contributed by atoms with van der Waals surface area (Å²) in [6.07, 6.45) is -2.82. The van der Waals surface area contributed by atoms with E-state index in [0.29, 0.717) is 0 Å². The highest BCUT2D eigenvalue weighted by atomic mass is 16.7. The van der Waals surface area contributed by atoms with E-state index in [2.05, 4.69) is 5.32 Å². The number of aliphatic hydroxyl groups is 1. The van der Waals surface area contributed by atoms with E-state index in [1.807, 2.05) is 0 Å².